The van der Waals surface area contributed by atoms with E-state index in [4.69, 9.17) is 9.73 Å². The Morgan fingerprint density at radius 2 is 1.59 bits per heavy atom. The molecular weight excluding hydrogens is 460 g/mol. The summed E-state index contributed by atoms with van der Waals surface area (Å²) in [6, 6.07) is 17.9. The summed E-state index contributed by atoms with van der Waals surface area (Å²) in [5.74, 6) is -0.177. The van der Waals surface area contributed by atoms with E-state index in [0.29, 0.717) is 0 Å². The van der Waals surface area contributed by atoms with Crippen molar-refractivity contribution in [2.24, 2.45) is 4.99 Å². The minimum atomic E-state index is -0.933. The SMILES string of the molecule is CCCN1c2ccc(OC)cc2N=C(c2ccc(C(=O)O)cc2)c2cc3c(cc21)C(C)(C)CCC3(C)C. The molecule has 5 nitrogen and oxygen atoms in total. The minimum absolute atomic E-state index is 0.0517. The third-order valence-corrected chi connectivity index (χ3v) is 8.07. The highest BCUT2D eigenvalue weighted by atomic mass is 16.5. The standard InChI is InChI=1S/C32H36N2O3/c1-7-16-34-27-13-12-22(37-6)17-26(27)33-29(20-8-10-21(11-9-20)30(35)36)23-18-24-25(19-28(23)34)32(4,5)15-14-31(24,2)3/h8-13,17-19H,7,14-16H2,1-6H3,(H,35,36). The van der Waals surface area contributed by atoms with E-state index in [1.165, 1.54) is 11.1 Å². The molecule has 5 heteroatoms. The number of nitrogens with zero attached hydrogens (tertiary/aromatic N) is 2. The summed E-state index contributed by atoms with van der Waals surface area (Å²) < 4.78 is 5.56. The summed E-state index contributed by atoms with van der Waals surface area (Å²) in [7, 11) is 1.67. The van der Waals surface area contributed by atoms with Crippen molar-refractivity contribution in [2.75, 3.05) is 18.6 Å². The van der Waals surface area contributed by atoms with Crippen LogP contribution in [0.25, 0.3) is 0 Å². The minimum Gasteiger partial charge on any atom is -0.497 e. The quantitative estimate of drug-likeness (QED) is 0.392. The first kappa shape index (κ1) is 25.1. The van der Waals surface area contributed by atoms with E-state index in [9.17, 15) is 9.90 Å². The van der Waals surface area contributed by atoms with Crippen molar-refractivity contribution in [2.45, 2.75) is 64.7 Å². The summed E-state index contributed by atoms with van der Waals surface area (Å²) >= 11 is 0. The molecule has 0 bridgehead atoms. The van der Waals surface area contributed by atoms with Crippen LogP contribution in [0.4, 0.5) is 17.1 Å². The maximum Gasteiger partial charge on any atom is 0.335 e. The number of hydrogen-bond acceptors (Lipinski definition) is 4. The third-order valence-electron chi connectivity index (χ3n) is 8.07. The summed E-state index contributed by atoms with van der Waals surface area (Å²) in [4.78, 5) is 19.2. The summed E-state index contributed by atoms with van der Waals surface area (Å²) in [5.41, 5.74) is 9.04. The number of rotatable bonds is 5. The van der Waals surface area contributed by atoms with Gasteiger partial charge < -0.3 is 14.7 Å². The number of ether oxygens (including phenoxy) is 1. The first-order valence-electron chi connectivity index (χ1n) is 13.1. The molecule has 2 aliphatic rings. The number of methoxy groups -OCH3 is 1. The highest BCUT2D eigenvalue weighted by Gasteiger charge is 2.39. The van der Waals surface area contributed by atoms with Crippen LogP contribution in [-0.2, 0) is 10.8 Å². The first-order chi connectivity index (χ1) is 17.6. The van der Waals surface area contributed by atoms with Gasteiger partial charge in [-0.2, -0.15) is 0 Å². The Labute approximate surface area is 219 Å². The van der Waals surface area contributed by atoms with Gasteiger partial charge in [0.05, 0.1) is 35.4 Å². The molecule has 1 aliphatic heterocycles. The van der Waals surface area contributed by atoms with E-state index >= 15 is 0 Å². The van der Waals surface area contributed by atoms with Gasteiger partial charge in [-0.25, -0.2) is 9.79 Å². The zero-order valence-electron chi connectivity index (χ0n) is 22.7. The molecule has 0 unspecified atom stereocenters. The van der Waals surface area contributed by atoms with Crippen LogP contribution in [0.15, 0.2) is 59.6 Å². The lowest BCUT2D eigenvalue weighted by Gasteiger charge is -2.43. The van der Waals surface area contributed by atoms with Gasteiger partial charge in [-0.1, -0.05) is 46.8 Å². The van der Waals surface area contributed by atoms with Gasteiger partial charge in [0.1, 0.15) is 5.75 Å². The van der Waals surface area contributed by atoms with Crippen molar-refractivity contribution in [3.8, 4) is 5.75 Å². The molecule has 1 N–H and O–H groups in total. The highest BCUT2D eigenvalue weighted by molar-refractivity contribution is 6.19. The fourth-order valence-corrected chi connectivity index (χ4v) is 5.73. The van der Waals surface area contributed by atoms with Gasteiger partial charge >= 0.3 is 5.97 Å². The monoisotopic (exact) mass is 496 g/mol. The number of anilines is 2. The maximum absolute atomic E-state index is 11.5. The van der Waals surface area contributed by atoms with Crippen LogP contribution < -0.4 is 9.64 Å². The van der Waals surface area contributed by atoms with E-state index in [-0.39, 0.29) is 16.4 Å². The van der Waals surface area contributed by atoms with Gasteiger partial charge in [-0.05, 0) is 77.6 Å². The Bertz CT molecular complexity index is 1400. The highest BCUT2D eigenvalue weighted by Crippen LogP contribution is 2.50. The predicted molar refractivity (Wildman–Crippen MR) is 151 cm³/mol. The lowest BCUT2D eigenvalue weighted by molar-refractivity contribution is 0.0697. The van der Waals surface area contributed by atoms with Gasteiger partial charge in [0.15, 0.2) is 0 Å². The van der Waals surface area contributed by atoms with Crippen LogP contribution >= 0.6 is 0 Å². The normalized spacial score (nSPS) is 17.1. The second-order valence-electron chi connectivity index (χ2n) is 11.5. The van der Waals surface area contributed by atoms with Crippen molar-refractivity contribution in [1.82, 2.24) is 0 Å². The Morgan fingerprint density at radius 1 is 0.946 bits per heavy atom. The molecule has 37 heavy (non-hydrogen) atoms. The number of aromatic carboxylic acids is 1. The summed E-state index contributed by atoms with van der Waals surface area (Å²) in [6.07, 6.45) is 3.26. The second-order valence-corrected chi connectivity index (χ2v) is 11.5. The fraction of sp³-hybridized carbons (Fsp3) is 0.375. The smallest absolute Gasteiger partial charge is 0.335 e. The Hall–Kier alpha value is -3.60. The first-order valence-corrected chi connectivity index (χ1v) is 13.1. The molecule has 1 aliphatic carbocycles. The van der Waals surface area contributed by atoms with E-state index in [0.717, 1.165) is 65.5 Å². The second kappa shape index (κ2) is 9.05. The number of carboxylic acid groups (broad SMARTS) is 1. The van der Waals surface area contributed by atoms with E-state index in [1.54, 1.807) is 19.2 Å². The Kier molecular flexibility index (Phi) is 6.13. The molecule has 0 saturated heterocycles. The van der Waals surface area contributed by atoms with Crippen molar-refractivity contribution < 1.29 is 14.6 Å². The predicted octanol–water partition coefficient (Wildman–Crippen LogP) is 7.77. The number of fused-ring (bicyclic) bond motifs is 3. The van der Waals surface area contributed by atoms with Crippen molar-refractivity contribution in [1.29, 1.82) is 0 Å². The molecular formula is C32H36N2O3. The third kappa shape index (κ3) is 4.30. The molecule has 5 rings (SSSR count). The average Bonchev–Trinajstić information content (AvgIpc) is 3.00. The molecule has 3 aromatic carbocycles. The van der Waals surface area contributed by atoms with Crippen molar-refractivity contribution >= 4 is 28.7 Å². The zero-order valence-corrected chi connectivity index (χ0v) is 22.7. The zero-order chi connectivity index (χ0) is 26.5. The molecule has 0 radical (unpaired) electrons. The fourth-order valence-electron chi connectivity index (χ4n) is 5.73. The summed E-state index contributed by atoms with van der Waals surface area (Å²) in [6.45, 7) is 12.4. The molecule has 1 heterocycles. The Balaban J connectivity index is 1.85. The topological polar surface area (TPSA) is 62.1 Å². The molecule has 0 saturated carbocycles. The van der Waals surface area contributed by atoms with Gasteiger partial charge in [0.25, 0.3) is 0 Å². The summed E-state index contributed by atoms with van der Waals surface area (Å²) in [5, 5.41) is 9.46. The number of carbonyl (C=O) groups is 1. The van der Waals surface area contributed by atoms with Crippen LogP contribution in [0.3, 0.4) is 0 Å². The molecule has 0 aromatic heterocycles. The van der Waals surface area contributed by atoms with Gasteiger partial charge in [0.2, 0.25) is 0 Å². The van der Waals surface area contributed by atoms with Gasteiger partial charge in [-0.3, -0.25) is 0 Å². The largest absolute Gasteiger partial charge is 0.497 e. The maximum atomic E-state index is 11.5. The van der Waals surface area contributed by atoms with Crippen molar-refractivity contribution in [3.63, 3.8) is 0 Å². The van der Waals surface area contributed by atoms with E-state index < -0.39 is 5.97 Å². The van der Waals surface area contributed by atoms with Crippen LogP contribution in [-0.4, -0.2) is 30.4 Å². The van der Waals surface area contributed by atoms with E-state index in [2.05, 4.69) is 57.7 Å². The molecule has 3 aromatic rings. The van der Waals surface area contributed by atoms with Crippen LogP contribution in [0.5, 0.6) is 5.75 Å². The molecule has 0 fully saturated rings. The number of carboxylic acids is 1. The molecule has 0 atom stereocenters. The van der Waals surface area contributed by atoms with Crippen LogP contribution in [0.2, 0.25) is 0 Å². The Morgan fingerprint density at radius 3 is 2.19 bits per heavy atom. The molecule has 0 amide bonds. The van der Waals surface area contributed by atoms with Crippen LogP contribution in [0, 0.1) is 0 Å². The lowest BCUT2D eigenvalue weighted by atomic mass is 9.62. The van der Waals surface area contributed by atoms with Gasteiger partial charge in [0, 0.05) is 23.7 Å². The van der Waals surface area contributed by atoms with Crippen LogP contribution in [0.1, 0.15) is 86.5 Å². The van der Waals surface area contributed by atoms with Crippen molar-refractivity contribution in [3.05, 3.63) is 82.4 Å². The van der Waals surface area contributed by atoms with E-state index in [1.807, 2.05) is 24.3 Å². The molecule has 0 spiro atoms. The number of hydrogen-bond donors (Lipinski definition) is 1. The molecule has 192 valence electrons. The van der Waals surface area contributed by atoms with Gasteiger partial charge in [-0.15, -0.1) is 0 Å². The number of aliphatic imine (C=N–C) groups is 1. The number of benzene rings is 3. The average molecular weight is 497 g/mol. The lowest BCUT2D eigenvalue weighted by Crippen LogP contribution is -2.35.